The van der Waals surface area contributed by atoms with Gasteiger partial charge < -0.3 is 0 Å². The average Bonchev–Trinajstić information content (AvgIpc) is 2.42. The molecule has 2 rings (SSSR count). The molecule has 2 aromatic carbocycles. The second kappa shape index (κ2) is 5.98. The molecule has 0 heterocycles. The summed E-state index contributed by atoms with van der Waals surface area (Å²) >= 11 is 5.95. The normalized spacial score (nSPS) is 10.5. The number of carbonyl (C=O) groups excluding carboxylic acids is 1. The van der Waals surface area contributed by atoms with Gasteiger partial charge in [0, 0.05) is 16.1 Å². The summed E-state index contributed by atoms with van der Waals surface area (Å²) in [5.41, 5.74) is 3.77. The van der Waals surface area contributed by atoms with E-state index in [2.05, 4.69) is 10.5 Å². The molecule has 90 valence electrons. The molecule has 18 heavy (non-hydrogen) atoms. The number of amides is 1. The Bertz CT molecular complexity index is 567. The van der Waals surface area contributed by atoms with Gasteiger partial charge in [0.25, 0.3) is 5.91 Å². The van der Waals surface area contributed by atoms with Gasteiger partial charge >= 0.3 is 0 Å². The van der Waals surface area contributed by atoms with Crippen molar-refractivity contribution in [1.29, 1.82) is 0 Å². The Kier molecular flexibility index (Phi) is 4.10. The Morgan fingerprint density at radius 2 is 1.72 bits per heavy atom. The summed E-state index contributed by atoms with van der Waals surface area (Å²) in [6, 6.07) is 16.2. The summed E-state index contributed by atoms with van der Waals surface area (Å²) in [6.07, 6.45) is 1.52. The lowest BCUT2D eigenvalue weighted by Gasteiger charge is -1.99. The van der Waals surface area contributed by atoms with E-state index < -0.39 is 0 Å². The Morgan fingerprint density at radius 1 is 1.06 bits per heavy atom. The van der Waals surface area contributed by atoms with E-state index in [1.165, 1.54) is 6.21 Å². The quantitative estimate of drug-likeness (QED) is 0.667. The van der Waals surface area contributed by atoms with Gasteiger partial charge in [-0.3, -0.25) is 4.79 Å². The van der Waals surface area contributed by atoms with Crippen molar-refractivity contribution >= 4 is 23.7 Å². The minimum Gasteiger partial charge on any atom is -0.267 e. The van der Waals surface area contributed by atoms with Gasteiger partial charge in [-0.05, 0) is 18.2 Å². The van der Waals surface area contributed by atoms with Crippen LogP contribution in [-0.2, 0) is 0 Å². The zero-order chi connectivity index (χ0) is 12.8. The number of nitrogens with one attached hydrogen (secondary N) is 1. The Morgan fingerprint density at radius 3 is 2.44 bits per heavy atom. The van der Waals surface area contributed by atoms with Crippen molar-refractivity contribution in [2.75, 3.05) is 0 Å². The molecule has 1 amide bonds. The number of nitrogens with zero attached hydrogens (tertiary/aromatic N) is 1. The zero-order valence-electron chi connectivity index (χ0n) is 9.51. The van der Waals surface area contributed by atoms with Crippen LogP contribution >= 0.6 is 11.6 Å². The Labute approximate surface area is 110 Å². The van der Waals surface area contributed by atoms with Crippen LogP contribution in [0.4, 0.5) is 0 Å². The second-order valence-electron chi connectivity index (χ2n) is 3.59. The molecule has 0 unspecified atom stereocenters. The van der Waals surface area contributed by atoms with E-state index in [1.807, 2.05) is 24.3 Å². The van der Waals surface area contributed by atoms with Gasteiger partial charge in [0.1, 0.15) is 0 Å². The molecule has 0 bridgehead atoms. The van der Waals surface area contributed by atoms with Crippen molar-refractivity contribution in [2.24, 2.45) is 5.10 Å². The standard InChI is InChI=1S/C14H11ClN2O/c15-13-9-5-4-8-12(13)10-16-17-14(18)11-6-2-1-3-7-11/h1-10H,(H,17,18). The van der Waals surface area contributed by atoms with Crippen LogP contribution in [0.1, 0.15) is 15.9 Å². The van der Waals surface area contributed by atoms with E-state index in [0.29, 0.717) is 10.6 Å². The molecule has 0 saturated carbocycles. The largest absolute Gasteiger partial charge is 0.271 e. The Balaban J connectivity index is 2.00. The highest BCUT2D eigenvalue weighted by Crippen LogP contribution is 2.12. The minimum absolute atomic E-state index is 0.251. The summed E-state index contributed by atoms with van der Waals surface area (Å²) in [7, 11) is 0. The summed E-state index contributed by atoms with van der Waals surface area (Å²) in [5.74, 6) is -0.251. The van der Waals surface area contributed by atoms with Crippen molar-refractivity contribution in [3.63, 3.8) is 0 Å². The van der Waals surface area contributed by atoms with Crippen molar-refractivity contribution in [3.05, 3.63) is 70.7 Å². The van der Waals surface area contributed by atoms with Crippen LogP contribution < -0.4 is 5.43 Å². The highest BCUT2D eigenvalue weighted by Gasteiger charge is 2.01. The van der Waals surface area contributed by atoms with E-state index in [-0.39, 0.29) is 5.91 Å². The molecule has 2 aromatic rings. The molecule has 0 saturated heterocycles. The average molecular weight is 259 g/mol. The number of hydrazone groups is 1. The molecule has 1 N–H and O–H groups in total. The van der Waals surface area contributed by atoms with Gasteiger partial charge in [-0.15, -0.1) is 0 Å². The van der Waals surface area contributed by atoms with Crippen molar-refractivity contribution < 1.29 is 4.79 Å². The topological polar surface area (TPSA) is 41.5 Å². The van der Waals surface area contributed by atoms with Gasteiger partial charge in [-0.2, -0.15) is 5.10 Å². The van der Waals surface area contributed by atoms with E-state index in [9.17, 15) is 4.79 Å². The van der Waals surface area contributed by atoms with Gasteiger partial charge in [-0.25, -0.2) is 5.43 Å². The summed E-state index contributed by atoms with van der Waals surface area (Å²) in [5, 5.41) is 4.46. The van der Waals surface area contributed by atoms with Crippen LogP contribution in [0.15, 0.2) is 59.7 Å². The molecule has 3 nitrogen and oxygen atoms in total. The van der Waals surface area contributed by atoms with E-state index in [4.69, 9.17) is 11.6 Å². The Hall–Kier alpha value is -2.13. The number of halogens is 1. The van der Waals surface area contributed by atoms with Crippen molar-refractivity contribution in [2.45, 2.75) is 0 Å². The second-order valence-corrected chi connectivity index (χ2v) is 3.99. The number of hydrogen-bond acceptors (Lipinski definition) is 2. The maximum Gasteiger partial charge on any atom is 0.271 e. The van der Waals surface area contributed by atoms with Crippen LogP contribution in [0.25, 0.3) is 0 Å². The lowest BCUT2D eigenvalue weighted by atomic mass is 10.2. The monoisotopic (exact) mass is 258 g/mol. The molecule has 0 fully saturated rings. The maximum absolute atomic E-state index is 11.7. The third kappa shape index (κ3) is 3.18. The highest BCUT2D eigenvalue weighted by molar-refractivity contribution is 6.33. The molecule has 0 aliphatic carbocycles. The molecule has 0 radical (unpaired) electrons. The van der Waals surface area contributed by atoms with Gasteiger partial charge in [0.2, 0.25) is 0 Å². The van der Waals surface area contributed by atoms with Crippen molar-refractivity contribution in [3.8, 4) is 0 Å². The molecular formula is C14H11ClN2O. The van der Waals surface area contributed by atoms with Crippen LogP contribution in [-0.4, -0.2) is 12.1 Å². The zero-order valence-corrected chi connectivity index (χ0v) is 10.3. The van der Waals surface area contributed by atoms with Crippen molar-refractivity contribution in [1.82, 2.24) is 5.43 Å². The SMILES string of the molecule is O=C(NN=Cc1ccccc1Cl)c1ccccc1. The molecular weight excluding hydrogens is 248 g/mol. The molecule has 0 aromatic heterocycles. The van der Waals surface area contributed by atoms with Crippen LogP contribution in [0.2, 0.25) is 5.02 Å². The predicted molar refractivity (Wildman–Crippen MR) is 73.0 cm³/mol. The smallest absolute Gasteiger partial charge is 0.267 e. The summed E-state index contributed by atoms with van der Waals surface area (Å²) in [6.45, 7) is 0. The van der Waals surface area contributed by atoms with Gasteiger partial charge in [0.15, 0.2) is 0 Å². The fraction of sp³-hybridized carbons (Fsp3) is 0. The first-order chi connectivity index (χ1) is 8.77. The highest BCUT2D eigenvalue weighted by atomic mass is 35.5. The first-order valence-corrected chi connectivity index (χ1v) is 5.78. The number of rotatable bonds is 3. The molecule has 4 heteroatoms. The molecule has 0 aliphatic rings. The number of hydrogen-bond donors (Lipinski definition) is 1. The third-order valence-corrected chi connectivity index (χ3v) is 2.66. The summed E-state index contributed by atoms with van der Waals surface area (Å²) in [4.78, 5) is 11.7. The van der Waals surface area contributed by atoms with Gasteiger partial charge in [-0.1, -0.05) is 48.0 Å². The molecule has 0 spiro atoms. The van der Waals surface area contributed by atoms with E-state index >= 15 is 0 Å². The minimum atomic E-state index is -0.251. The first kappa shape index (κ1) is 12.3. The summed E-state index contributed by atoms with van der Waals surface area (Å²) < 4.78 is 0. The van der Waals surface area contributed by atoms with E-state index in [0.717, 1.165) is 5.56 Å². The maximum atomic E-state index is 11.7. The first-order valence-electron chi connectivity index (χ1n) is 5.40. The van der Waals surface area contributed by atoms with Crippen LogP contribution in [0.3, 0.4) is 0 Å². The third-order valence-electron chi connectivity index (χ3n) is 2.31. The lowest BCUT2D eigenvalue weighted by molar-refractivity contribution is 0.0955. The van der Waals surface area contributed by atoms with Crippen LogP contribution in [0.5, 0.6) is 0 Å². The van der Waals surface area contributed by atoms with E-state index in [1.54, 1.807) is 30.3 Å². The van der Waals surface area contributed by atoms with Crippen LogP contribution in [0, 0.1) is 0 Å². The predicted octanol–water partition coefficient (Wildman–Crippen LogP) is 3.10. The molecule has 0 atom stereocenters. The number of carbonyl (C=O) groups is 1. The lowest BCUT2D eigenvalue weighted by Crippen LogP contribution is -2.17. The van der Waals surface area contributed by atoms with Gasteiger partial charge in [0.05, 0.1) is 6.21 Å². The number of benzene rings is 2. The fourth-order valence-electron chi connectivity index (χ4n) is 1.39. The fourth-order valence-corrected chi connectivity index (χ4v) is 1.58. The molecule has 0 aliphatic heterocycles.